The van der Waals surface area contributed by atoms with Crippen LogP contribution in [0.2, 0.25) is 10.0 Å². The number of benzene rings is 1. The topological polar surface area (TPSA) is 58.4 Å². The molecule has 160 valence electrons. The van der Waals surface area contributed by atoms with Crippen LogP contribution in [0, 0.1) is 0 Å². The van der Waals surface area contributed by atoms with Crippen molar-refractivity contribution in [2.75, 3.05) is 6.54 Å². The number of nitrogens with zero attached hydrogens (tertiary/aromatic N) is 3. The highest BCUT2D eigenvalue weighted by Gasteiger charge is 2.36. The number of aryl methyl sites for hydroxylation is 1. The summed E-state index contributed by atoms with van der Waals surface area (Å²) in [6.45, 7) is 5.58. The Hall–Kier alpha value is -1.82. The Labute approximate surface area is 187 Å². The highest BCUT2D eigenvalue weighted by atomic mass is 35.5. The van der Waals surface area contributed by atoms with E-state index in [0.29, 0.717) is 33.9 Å². The van der Waals surface area contributed by atoms with Crippen LogP contribution in [0.3, 0.4) is 0 Å². The predicted octanol–water partition coefficient (Wildman–Crippen LogP) is 5.47. The zero-order valence-corrected chi connectivity index (χ0v) is 19.1. The Bertz CT molecular complexity index is 1020. The average Bonchev–Trinajstić information content (AvgIpc) is 3.60. The molecule has 1 heterocycles. The molecule has 30 heavy (non-hydrogen) atoms. The third kappa shape index (κ3) is 4.29. The number of carbonyl (C=O) groups is 1. The molecule has 0 aliphatic heterocycles. The quantitative estimate of drug-likeness (QED) is 0.430. The minimum Gasteiger partial charge on any atom is -0.493 e. The summed E-state index contributed by atoms with van der Waals surface area (Å²) in [6, 6.07) is 3.90. The first-order valence-electron chi connectivity index (χ1n) is 10.4. The molecule has 2 aliphatic rings. The summed E-state index contributed by atoms with van der Waals surface area (Å²) in [6.07, 6.45) is 6.50. The Morgan fingerprint density at radius 1 is 1.27 bits per heavy atom. The Morgan fingerprint density at radius 3 is 2.57 bits per heavy atom. The van der Waals surface area contributed by atoms with Crippen LogP contribution in [-0.4, -0.2) is 38.2 Å². The van der Waals surface area contributed by atoms with Gasteiger partial charge in [-0.15, -0.1) is 0 Å². The van der Waals surface area contributed by atoms with Crippen molar-refractivity contribution in [3.05, 3.63) is 56.2 Å². The number of aromatic nitrogens is 2. The standard InChI is InChI=1S/C23H27Cl2N3O2/c1-13(2)10-11-28(15-6-7-15)12-17-18(24)9-8-16(20(17)25)22(29)19-21(14-4-5-14)26-27(3)23(19)30/h8-10,14-15,30H,4-7,11-12H2,1-3H3. The summed E-state index contributed by atoms with van der Waals surface area (Å²) in [4.78, 5) is 15.8. The van der Waals surface area contributed by atoms with Crippen molar-refractivity contribution >= 4 is 29.0 Å². The van der Waals surface area contributed by atoms with Crippen LogP contribution in [0.1, 0.15) is 72.6 Å². The molecule has 2 aliphatic carbocycles. The molecule has 0 unspecified atom stereocenters. The fourth-order valence-electron chi connectivity index (χ4n) is 3.73. The first-order chi connectivity index (χ1) is 14.3. The van der Waals surface area contributed by atoms with E-state index in [0.717, 1.165) is 24.9 Å². The molecule has 1 aromatic carbocycles. The molecule has 0 amide bonds. The molecular formula is C23H27Cl2N3O2. The molecule has 0 bridgehead atoms. The van der Waals surface area contributed by atoms with Crippen molar-refractivity contribution < 1.29 is 9.90 Å². The Balaban J connectivity index is 1.68. The smallest absolute Gasteiger partial charge is 0.220 e. The fourth-order valence-corrected chi connectivity index (χ4v) is 4.31. The number of allylic oxidation sites excluding steroid dienone is 1. The minimum absolute atomic E-state index is 0.113. The van der Waals surface area contributed by atoms with Gasteiger partial charge in [0, 0.05) is 48.2 Å². The second-order valence-corrected chi connectivity index (χ2v) is 9.43. The van der Waals surface area contributed by atoms with E-state index < -0.39 is 0 Å². The molecule has 5 nitrogen and oxygen atoms in total. The molecule has 4 rings (SSSR count). The van der Waals surface area contributed by atoms with E-state index >= 15 is 0 Å². The molecule has 0 atom stereocenters. The lowest BCUT2D eigenvalue weighted by molar-refractivity contribution is 0.103. The van der Waals surface area contributed by atoms with Gasteiger partial charge in [-0.25, -0.2) is 4.68 Å². The van der Waals surface area contributed by atoms with Crippen LogP contribution in [0.5, 0.6) is 5.88 Å². The first-order valence-corrected chi connectivity index (χ1v) is 11.2. The average molecular weight is 448 g/mol. The maximum atomic E-state index is 13.4. The van der Waals surface area contributed by atoms with Crippen molar-refractivity contribution in [1.82, 2.24) is 14.7 Å². The molecule has 1 N–H and O–H groups in total. The van der Waals surface area contributed by atoms with Gasteiger partial charge in [0.2, 0.25) is 11.7 Å². The van der Waals surface area contributed by atoms with Gasteiger partial charge in [0.1, 0.15) is 5.56 Å². The molecule has 2 saturated carbocycles. The number of rotatable bonds is 8. The molecule has 2 aromatic rings. The van der Waals surface area contributed by atoms with Crippen molar-refractivity contribution in [1.29, 1.82) is 0 Å². The van der Waals surface area contributed by atoms with Crippen molar-refractivity contribution in [2.24, 2.45) is 7.05 Å². The summed E-state index contributed by atoms with van der Waals surface area (Å²) in [5.74, 6) is -0.179. The van der Waals surface area contributed by atoms with Gasteiger partial charge < -0.3 is 5.11 Å². The van der Waals surface area contributed by atoms with Gasteiger partial charge in [-0.05, 0) is 51.7 Å². The third-order valence-corrected chi connectivity index (χ3v) is 6.61. The second-order valence-electron chi connectivity index (χ2n) is 8.64. The zero-order valence-electron chi connectivity index (χ0n) is 17.6. The zero-order chi connectivity index (χ0) is 21.6. The highest BCUT2D eigenvalue weighted by Crippen LogP contribution is 2.44. The van der Waals surface area contributed by atoms with Gasteiger partial charge in [0.05, 0.1) is 10.7 Å². The van der Waals surface area contributed by atoms with E-state index in [1.165, 1.54) is 23.1 Å². The monoisotopic (exact) mass is 447 g/mol. The summed E-state index contributed by atoms with van der Waals surface area (Å²) < 4.78 is 1.36. The number of hydrogen-bond donors (Lipinski definition) is 1. The largest absolute Gasteiger partial charge is 0.493 e. The number of aromatic hydroxyl groups is 1. The summed E-state index contributed by atoms with van der Waals surface area (Å²) >= 11 is 13.2. The van der Waals surface area contributed by atoms with E-state index in [1.807, 2.05) is 0 Å². The highest BCUT2D eigenvalue weighted by molar-refractivity contribution is 6.39. The van der Waals surface area contributed by atoms with E-state index in [2.05, 4.69) is 29.9 Å². The normalized spacial score (nSPS) is 16.2. The molecule has 1 aromatic heterocycles. The van der Waals surface area contributed by atoms with Gasteiger partial charge >= 0.3 is 0 Å². The van der Waals surface area contributed by atoms with Gasteiger partial charge in [-0.2, -0.15) is 5.10 Å². The van der Waals surface area contributed by atoms with Gasteiger partial charge in [0.25, 0.3) is 0 Å². The maximum absolute atomic E-state index is 13.4. The van der Waals surface area contributed by atoms with Crippen molar-refractivity contribution in [3.8, 4) is 5.88 Å². The van der Waals surface area contributed by atoms with Crippen LogP contribution in [0.25, 0.3) is 0 Å². The van der Waals surface area contributed by atoms with Crippen LogP contribution in [0.4, 0.5) is 0 Å². The fraction of sp³-hybridized carbons (Fsp3) is 0.478. The van der Waals surface area contributed by atoms with Crippen LogP contribution in [-0.2, 0) is 13.6 Å². The lowest BCUT2D eigenvalue weighted by Crippen LogP contribution is -2.26. The SMILES string of the molecule is CC(C)=CCN(Cc1c(Cl)ccc(C(=O)c2c(C3CC3)nn(C)c2O)c1Cl)C1CC1. The maximum Gasteiger partial charge on any atom is 0.220 e. The van der Waals surface area contributed by atoms with Gasteiger partial charge in [0.15, 0.2) is 0 Å². The van der Waals surface area contributed by atoms with Crippen molar-refractivity contribution in [2.45, 2.75) is 58.0 Å². The van der Waals surface area contributed by atoms with E-state index in [4.69, 9.17) is 23.2 Å². The lowest BCUT2D eigenvalue weighted by Gasteiger charge is -2.22. The predicted molar refractivity (Wildman–Crippen MR) is 120 cm³/mol. The first kappa shape index (κ1) is 21.4. The Kier molecular flexibility index (Phi) is 5.97. The minimum atomic E-state index is -0.298. The third-order valence-electron chi connectivity index (χ3n) is 5.82. The van der Waals surface area contributed by atoms with Crippen LogP contribution >= 0.6 is 23.2 Å². The number of carbonyl (C=O) groups excluding carboxylic acids is 1. The van der Waals surface area contributed by atoms with Crippen molar-refractivity contribution in [3.63, 3.8) is 0 Å². The number of ketones is 1. The summed E-state index contributed by atoms with van der Waals surface area (Å²) in [5, 5.41) is 15.8. The number of halogens is 2. The molecular weight excluding hydrogens is 421 g/mol. The van der Waals surface area contributed by atoms with Crippen LogP contribution < -0.4 is 0 Å². The van der Waals surface area contributed by atoms with Crippen LogP contribution in [0.15, 0.2) is 23.8 Å². The molecule has 2 fully saturated rings. The molecule has 7 heteroatoms. The number of hydrogen-bond acceptors (Lipinski definition) is 4. The molecule has 0 radical (unpaired) electrons. The molecule has 0 saturated heterocycles. The van der Waals surface area contributed by atoms with E-state index in [1.54, 1.807) is 19.2 Å². The second kappa shape index (κ2) is 8.37. The van der Waals surface area contributed by atoms with E-state index in [9.17, 15) is 9.90 Å². The summed E-state index contributed by atoms with van der Waals surface area (Å²) in [5.41, 5.74) is 3.31. The Morgan fingerprint density at radius 2 is 1.97 bits per heavy atom. The lowest BCUT2D eigenvalue weighted by atomic mass is 9.99. The van der Waals surface area contributed by atoms with E-state index in [-0.39, 0.29) is 23.1 Å². The summed E-state index contributed by atoms with van der Waals surface area (Å²) in [7, 11) is 1.64. The van der Waals surface area contributed by atoms with Gasteiger partial charge in [-0.3, -0.25) is 9.69 Å². The molecule has 0 spiro atoms. The van der Waals surface area contributed by atoms with Gasteiger partial charge in [-0.1, -0.05) is 34.9 Å².